The maximum absolute atomic E-state index is 6.29. The molecule has 0 aliphatic heterocycles. The third-order valence-electron chi connectivity index (χ3n) is 3.30. The first-order valence-corrected chi connectivity index (χ1v) is 8.28. The maximum Gasteiger partial charge on any atom is 0.200 e. The summed E-state index contributed by atoms with van der Waals surface area (Å²) in [6.07, 6.45) is 0. The van der Waals surface area contributed by atoms with Crippen molar-refractivity contribution >= 4 is 8.32 Å². The molecule has 0 unspecified atom stereocenters. The Balaban J connectivity index is 4.80. The smallest absolute Gasteiger partial charge is 0.200 e. The van der Waals surface area contributed by atoms with Gasteiger partial charge in [0.15, 0.2) is 8.32 Å². The molecule has 0 bridgehead atoms. The van der Waals surface area contributed by atoms with Gasteiger partial charge in [0.1, 0.15) is 0 Å². The van der Waals surface area contributed by atoms with Crippen LogP contribution in [0.4, 0.5) is 0 Å². The molecule has 0 saturated carbocycles. The molecule has 0 fully saturated rings. The molecule has 0 aromatic carbocycles. The first kappa shape index (κ1) is 15.1. The van der Waals surface area contributed by atoms with E-state index in [-0.39, 0.29) is 6.04 Å². The van der Waals surface area contributed by atoms with Gasteiger partial charge in [0.05, 0.1) is 0 Å². The fraction of sp³-hybridized carbons (Fsp3) is 1.00. The number of nitrogens with two attached hydrogens (primary N) is 1. The van der Waals surface area contributed by atoms with Gasteiger partial charge < -0.3 is 10.2 Å². The third kappa shape index (κ3) is 3.57. The van der Waals surface area contributed by atoms with Gasteiger partial charge in [-0.3, -0.25) is 0 Å². The van der Waals surface area contributed by atoms with Gasteiger partial charge in [-0.05, 0) is 23.5 Å². The Morgan fingerprint density at radius 2 is 1.20 bits per heavy atom. The highest BCUT2D eigenvalue weighted by molar-refractivity contribution is 6.77. The van der Waals surface area contributed by atoms with Crippen LogP contribution in [-0.2, 0) is 4.43 Å². The minimum atomic E-state index is -1.67. The van der Waals surface area contributed by atoms with Gasteiger partial charge >= 0.3 is 0 Å². The average Bonchev–Trinajstić information content (AvgIpc) is 2.02. The van der Waals surface area contributed by atoms with Crippen molar-refractivity contribution in [3.8, 4) is 0 Å². The zero-order chi connectivity index (χ0) is 12.2. The number of hydrogen-bond acceptors (Lipinski definition) is 2. The number of rotatable bonds is 6. The first-order chi connectivity index (χ1) is 6.75. The lowest BCUT2D eigenvalue weighted by molar-refractivity contribution is 0.260. The van der Waals surface area contributed by atoms with Crippen LogP contribution in [0.1, 0.15) is 48.5 Å². The van der Waals surface area contributed by atoms with Crippen LogP contribution in [0.25, 0.3) is 0 Å². The van der Waals surface area contributed by atoms with E-state index in [1.54, 1.807) is 0 Å². The highest BCUT2D eigenvalue weighted by Crippen LogP contribution is 2.42. The normalized spacial score (nSPS) is 15.4. The molecule has 0 aromatic rings. The van der Waals surface area contributed by atoms with E-state index in [1.807, 2.05) is 6.92 Å². The van der Waals surface area contributed by atoms with E-state index in [1.165, 1.54) is 0 Å². The Kier molecular flexibility index (Phi) is 6.07. The quantitative estimate of drug-likeness (QED) is 0.710. The van der Waals surface area contributed by atoms with Crippen molar-refractivity contribution in [3.05, 3.63) is 0 Å². The molecule has 0 radical (unpaired) electrons. The van der Waals surface area contributed by atoms with Crippen LogP contribution in [0.3, 0.4) is 0 Å². The molecule has 0 saturated heterocycles. The van der Waals surface area contributed by atoms with E-state index in [0.29, 0.717) is 23.2 Å². The Morgan fingerprint density at radius 3 is 1.40 bits per heavy atom. The molecule has 0 aromatic heterocycles. The zero-order valence-corrected chi connectivity index (χ0v) is 12.5. The maximum atomic E-state index is 6.29. The van der Waals surface area contributed by atoms with Crippen LogP contribution >= 0.6 is 0 Å². The molecule has 15 heavy (non-hydrogen) atoms. The minimum Gasteiger partial charge on any atom is -0.414 e. The van der Waals surface area contributed by atoms with Gasteiger partial charge in [0, 0.05) is 12.6 Å². The topological polar surface area (TPSA) is 35.2 Å². The summed E-state index contributed by atoms with van der Waals surface area (Å²) in [5, 5.41) is 0. The minimum absolute atomic E-state index is 0.146. The summed E-state index contributed by atoms with van der Waals surface area (Å²) >= 11 is 0. The molecule has 0 amide bonds. The van der Waals surface area contributed by atoms with Gasteiger partial charge in [0.25, 0.3) is 0 Å². The lowest BCUT2D eigenvalue weighted by atomic mass is 10.4. The molecule has 3 heteroatoms. The molecule has 2 N–H and O–H groups in total. The van der Waals surface area contributed by atoms with E-state index < -0.39 is 8.32 Å². The van der Waals surface area contributed by atoms with Crippen molar-refractivity contribution in [2.75, 3.05) is 6.61 Å². The van der Waals surface area contributed by atoms with E-state index in [0.717, 1.165) is 0 Å². The van der Waals surface area contributed by atoms with Crippen LogP contribution < -0.4 is 5.73 Å². The van der Waals surface area contributed by atoms with Crippen molar-refractivity contribution in [2.24, 2.45) is 5.73 Å². The lowest BCUT2D eigenvalue weighted by Crippen LogP contribution is -2.49. The van der Waals surface area contributed by atoms with Crippen LogP contribution in [0.2, 0.25) is 16.6 Å². The Bertz CT molecular complexity index is 157. The molecule has 1 atom stereocenters. The van der Waals surface area contributed by atoms with Crippen LogP contribution in [0, 0.1) is 0 Å². The molecular formula is C12H29NOSi. The Hall–Kier alpha value is 0.137. The van der Waals surface area contributed by atoms with Crippen LogP contribution in [0.15, 0.2) is 0 Å². The van der Waals surface area contributed by atoms with Crippen molar-refractivity contribution < 1.29 is 4.43 Å². The van der Waals surface area contributed by atoms with E-state index >= 15 is 0 Å². The Morgan fingerprint density at radius 1 is 0.867 bits per heavy atom. The molecular weight excluding hydrogens is 202 g/mol. The summed E-state index contributed by atoms with van der Waals surface area (Å²) < 4.78 is 6.29. The molecule has 0 heterocycles. The van der Waals surface area contributed by atoms with E-state index in [2.05, 4.69) is 41.5 Å². The third-order valence-corrected chi connectivity index (χ3v) is 9.38. The van der Waals surface area contributed by atoms with E-state index in [4.69, 9.17) is 10.2 Å². The van der Waals surface area contributed by atoms with Crippen molar-refractivity contribution in [1.82, 2.24) is 0 Å². The van der Waals surface area contributed by atoms with Gasteiger partial charge in [-0.1, -0.05) is 41.5 Å². The Labute approximate surface area is 96.7 Å². The first-order valence-electron chi connectivity index (χ1n) is 6.14. The van der Waals surface area contributed by atoms with Gasteiger partial charge in [-0.25, -0.2) is 0 Å². The summed E-state index contributed by atoms with van der Waals surface area (Å²) in [5.74, 6) is 0. The predicted molar refractivity (Wildman–Crippen MR) is 70.6 cm³/mol. The zero-order valence-electron chi connectivity index (χ0n) is 11.5. The fourth-order valence-electron chi connectivity index (χ4n) is 2.78. The average molecular weight is 231 g/mol. The summed E-state index contributed by atoms with van der Waals surface area (Å²) in [6.45, 7) is 16.5. The standard InChI is InChI=1S/C12H29NOSi/c1-9(2)15(10(3)4,11(5)6)14-8-12(7)13/h9-12H,8,13H2,1-7H3/t12-/m0/s1. The van der Waals surface area contributed by atoms with E-state index in [9.17, 15) is 0 Å². The summed E-state index contributed by atoms with van der Waals surface area (Å²) in [4.78, 5) is 0. The molecule has 0 spiro atoms. The summed E-state index contributed by atoms with van der Waals surface area (Å²) in [7, 11) is -1.67. The molecule has 0 aliphatic carbocycles. The largest absolute Gasteiger partial charge is 0.414 e. The van der Waals surface area contributed by atoms with Crippen LogP contribution in [-0.4, -0.2) is 21.0 Å². The van der Waals surface area contributed by atoms with Gasteiger partial charge in [-0.15, -0.1) is 0 Å². The van der Waals surface area contributed by atoms with Crippen molar-refractivity contribution in [3.63, 3.8) is 0 Å². The van der Waals surface area contributed by atoms with Gasteiger partial charge in [-0.2, -0.15) is 0 Å². The molecule has 2 nitrogen and oxygen atoms in total. The van der Waals surface area contributed by atoms with Crippen molar-refractivity contribution in [1.29, 1.82) is 0 Å². The monoisotopic (exact) mass is 231 g/mol. The SMILES string of the molecule is CC(C)[Si](OC[C@H](C)N)(C(C)C)C(C)C. The second-order valence-electron chi connectivity index (χ2n) is 5.61. The van der Waals surface area contributed by atoms with Crippen LogP contribution in [0.5, 0.6) is 0 Å². The van der Waals surface area contributed by atoms with Gasteiger partial charge in [0.2, 0.25) is 0 Å². The second kappa shape index (κ2) is 6.02. The summed E-state index contributed by atoms with van der Waals surface area (Å²) in [5.41, 5.74) is 7.75. The molecule has 92 valence electrons. The highest BCUT2D eigenvalue weighted by atomic mass is 28.4. The second-order valence-corrected chi connectivity index (χ2v) is 11.1. The molecule has 0 aliphatic rings. The highest BCUT2D eigenvalue weighted by Gasteiger charge is 2.44. The number of hydrogen-bond donors (Lipinski definition) is 1. The molecule has 0 rings (SSSR count). The fourth-order valence-corrected chi connectivity index (χ4v) is 8.33. The lowest BCUT2D eigenvalue weighted by Gasteiger charge is -2.42. The predicted octanol–water partition coefficient (Wildman–Crippen LogP) is 3.53. The van der Waals surface area contributed by atoms with Crippen molar-refractivity contribution in [2.45, 2.75) is 71.1 Å². The summed E-state index contributed by atoms with van der Waals surface area (Å²) in [6, 6.07) is 0.146.